The molecule has 0 aliphatic heterocycles. The SMILES string of the molecule is CCCCOC(=O)OC[C@H](C)OC(=O)[C@@H](N)Cc1ccc(OC(=O)CC)c(OC(=O)CC)c1. The molecule has 10 heteroatoms. The van der Waals surface area contributed by atoms with Crippen LogP contribution in [0.5, 0.6) is 11.5 Å². The van der Waals surface area contributed by atoms with Gasteiger partial charge in [0.05, 0.1) is 6.61 Å². The van der Waals surface area contributed by atoms with Gasteiger partial charge in [-0.25, -0.2) is 4.79 Å². The predicted molar refractivity (Wildman–Crippen MR) is 118 cm³/mol. The molecule has 0 aliphatic rings. The van der Waals surface area contributed by atoms with Crippen molar-refractivity contribution in [3.63, 3.8) is 0 Å². The van der Waals surface area contributed by atoms with E-state index in [0.29, 0.717) is 5.56 Å². The summed E-state index contributed by atoms with van der Waals surface area (Å²) in [5.41, 5.74) is 6.52. The predicted octanol–water partition coefficient (Wildman–Crippen LogP) is 3.07. The Hall–Kier alpha value is -3.14. The number of carbonyl (C=O) groups is 4. The zero-order valence-electron chi connectivity index (χ0n) is 19.6. The van der Waals surface area contributed by atoms with Crippen molar-refractivity contribution in [1.82, 2.24) is 0 Å². The monoisotopic (exact) mass is 467 g/mol. The molecule has 1 rings (SSSR count). The standard InChI is InChI=1S/C23H33NO9/c1-5-8-11-29-23(28)30-14-15(4)31-22(27)17(24)12-16-9-10-18(32-20(25)6-2)19(13-16)33-21(26)7-3/h9-10,13,15,17H,5-8,11-12,14,24H2,1-4H3/t15-,17-/m0/s1. The second-order valence-corrected chi connectivity index (χ2v) is 7.26. The minimum Gasteiger partial charge on any atom is -0.458 e. The van der Waals surface area contributed by atoms with E-state index in [-0.39, 0.29) is 44.0 Å². The highest BCUT2D eigenvalue weighted by molar-refractivity contribution is 5.77. The van der Waals surface area contributed by atoms with Crippen LogP contribution in [0.15, 0.2) is 18.2 Å². The number of benzene rings is 1. The van der Waals surface area contributed by atoms with E-state index >= 15 is 0 Å². The second-order valence-electron chi connectivity index (χ2n) is 7.26. The van der Waals surface area contributed by atoms with E-state index in [4.69, 9.17) is 29.4 Å². The first-order valence-corrected chi connectivity index (χ1v) is 11.0. The largest absolute Gasteiger partial charge is 0.508 e. The van der Waals surface area contributed by atoms with E-state index in [1.807, 2.05) is 6.92 Å². The molecule has 0 aromatic heterocycles. The summed E-state index contributed by atoms with van der Waals surface area (Å²) in [6, 6.07) is 3.54. The molecule has 0 fully saturated rings. The topological polar surface area (TPSA) is 140 Å². The molecule has 1 aromatic carbocycles. The van der Waals surface area contributed by atoms with Gasteiger partial charge in [0.15, 0.2) is 11.5 Å². The molecule has 0 aliphatic carbocycles. The molecule has 2 atom stereocenters. The van der Waals surface area contributed by atoms with Gasteiger partial charge in [-0.15, -0.1) is 0 Å². The lowest BCUT2D eigenvalue weighted by Gasteiger charge is -2.17. The smallest absolute Gasteiger partial charge is 0.458 e. The molecule has 1 aromatic rings. The summed E-state index contributed by atoms with van der Waals surface area (Å²) in [4.78, 5) is 47.1. The summed E-state index contributed by atoms with van der Waals surface area (Å²) in [7, 11) is 0. The summed E-state index contributed by atoms with van der Waals surface area (Å²) >= 11 is 0. The van der Waals surface area contributed by atoms with Gasteiger partial charge in [-0.2, -0.15) is 0 Å². The first kappa shape index (κ1) is 27.9. The maximum absolute atomic E-state index is 12.3. The lowest BCUT2D eigenvalue weighted by Crippen LogP contribution is -2.37. The zero-order chi connectivity index (χ0) is 24.8. The number of ether oxygens (including phenoxy) is 5. The Labute approximate surface area is 193 Å². The fraction of sp³-hybridized carbons (Fsp3) is 0.565. The number of esters is 3. The zero-order valence-corrected chi connectivity index (χ0v) is 19.6. The summed E-state index contributed by atoms with van der Waals surface area (Å²) in [6.07, 6.45) is 0.420. The summed E-state index contributed by atoms with van der Waals surface area (Å²) in [5, 5.41) is 0. The van der Waals surface area contributed by atoms with E-state index in [1.54, 1.807) is 26.8 Å². The number of carbonyl (C=O) groups excluding carboxylic acids is 4. The fourth-order valence-electron chi connectivity index (χ4n) is 2.42. The fourth-order valence-corrected chi connectivity index (χ4v) is 2.42. The number of hydrogen-bond donors (Lipinski definition) is 1. The maximum Gasteiger partial charge on any atom is 0.508 e. The van der Waals surface area contributed by atoms with Crippen molar-refractivity contribution in [1.29, 1.82) is 0 Å². The number of nitrogens with two attached hydrogens (primary N) is 1. The summed E-state index contributed by atoms with van der Waals surface area (Å²) < 4.78 is 25.4. The maximum atomic E-state index is 12.3. The van der Waals surface area contributed by atoms with Crippen LogP contribution in [-0.2, 0) is 35.0 Å². The molecule has 184 valence electrons. The van der Waals surface area contributed by atoms with Crippen LogP contribution in [0.2, 0.25) is 0 Å². The summed E-state index contributed by atoms with van der Waals surface area (Å²) in [6.45, 7) is 6.89. The molecule has 0 amide bonds. The van der Waals surface area contributed by atoms with Gasteiger partial charge in [-0.1, -0.05) is 33.3 Å². The van der Waals surface area contributed by atoms with Crippen molar-refractivity contribution in [3.8, 4) is 11.5 Å². The lowest BCUT2D eigenvalue weighted by atomic mass is 10.1. The van der Waals surface area contributed by atoms with Crippen molar-refractivity contribution in [2.75, 3.05) is 13.2 Å². The third-order valence-electron chi connectivity index (χ3n) is 4.26. The molecule has 0 heterocycles. The molecule has 0 saturated heterocycles. The Morgan fingerprint density at radius 3 is 2.18 bits per heavy atom. The molecule has 0 bridgehead atoms. The highest BCUT2D eigenvalue weighted by atomic mass is 16.7. The molecule has 0 radical (unpaired) electrons. The van der Waals surface area contributed by atoms with Crippen LogP contribution in [0.1, 0.15) is 58.9 Å². The Balaban J connectivity index is 2.68. The molecular weight excluding hydrogens is 434 g/mol. The second kappa shape index (κ2) is 14.8. The highest BCUT2D eigenvalue weighted by Gasteiger charge is 2.21. The van der Waals surface area contributed by atoms with Crippen molar-refractivity contribution < 1.29 is 42.9 Å². The number of hydrogen-bond acceptors (Lipinski definition) is 10. The van der Waals surface area contributed by atoms with Gasteiger partial charge in [-0.3, -0.25) is 14.4 Å². The minimum atomic E-state index is -1.03. The Kier molecular flexibility index (Phi) is 12.5. The van der Waals surface area contributed by atoms with E-state index < -0.39 is 36.2 Å². The van der Waals surface area contributed by atoms with Crippen LogP contribution < -0.4 is 15.2 Å². The van der Waals surface area contributed by atoms with Crippen molar-refractivity contribution in [2.24, 2.45) is 5.73 Å². The van der Waals surface area contributed by atoms with Crippen LogP contribution in [0.4, 0.5) is 4.79 Å². The lowest BCUT2D eigenvalue weighted by molar-refractivity contribution is -0.152. The van der Waals surface area contributed by atoms with Crippen LogP contribution in [-0.4, -0.2) is 49.4 Å². The molecule has 33 heavy (non-hydrogen) atoms. The molecule has 0 saturated carbocycles. The normalized spacial score (nSPS) is 12.3. The van der Waals surface area contributed by atoms with E-state index in [9.17, 15) is 19.2 Å². The third-order valence-corrected chi connectivity index (χ3v) is 4.26. The quantitative estimate of drug-likeness (QED) is 0.261. The van der Waals surface area contributed by atoms with Crippen molar-refractivity contribution in [3.05, 3.63) is 23.8 Å². The van der Waals surface area contributed by atoms with E-state index in [0.717, 1.165) is 12.8 Å². The van der Waals surface area contributed by atoms with Gasteiger partial charge in [0.2, 0.25) is 0 Å². The van der Waals surface area contributed by atoms with Gasteiger partial charge < -0.3 is 29.4 Å². The Morgan fingerprint density at radius 2 is 1.58 bits per heavy atom. The number of unbranched alkanes of at least 4 members (excludes halogenated alkanes) is 1. The molecule has 2 N–H and O–H groups in total. The first-order chi connectivity index (χ1) is 15.7. The van der Waals surface area contributed by atoms with Gasteiger partial charge in [0.1, 0.15) is 18.8 Å². The highest BCUT2D eigenvalue weighted by Crippen LogP contribution is 2.30. The molecule has 0 unspecified atom stereocenters. The third kappa shape index (κ3) is 10.8. The van der Waals surface area contributed by atoms with E-state index in [2.05, 4.69) is 0 Å². The summed E-state index contributed by atoms with van der Waals surface area (Å²) in [5.74, 6) is -1.53. The Morgan fingerprint density at radius 1 is 0.939 bits per heavy atom. The first-order valence-electron chi connectivity index (χ1n) is 11.0. The van der Waals surface area contributed by atoms with Crippen LogP contribution in [0.25, 0.3) is 0 Å². The average Bonchev–Trinajstić information content (AvgIpc) is 2.79. The molecule has 0 spiro atoms. The van der Waals surface area contributed by atoms with Crippen molar-refractivity contribution in [2.45, 2.75) is 71.9 Å². The van der Waals surface area contributed by atoms with Gasteiger partial charge >= 0.3 is 24.1 Å². The van der Waals surface area contributed by atoms with Gasteiger partial charge in [0.25, 0.3) is 0 Å². The van der Waals surface area contributed by atoms with Gasteiger partial charge in [0, 0.05) is 12.8 Å². The Bertz CT molecular complexity index is 809. The van der Waals surface area contributed by atoms with Gasteiger partial charge in [-0.05, 0) is 37.5 Å². The molecular formula is C23H33NO9. The average molecular weight is 468 g/mol. The van der Waals surface area contributed by atoms with E-state index in [1.165, 1.54) is 12.1 Å². The molecule has 10 nitrogen and oxygen atoms in total. The van der Waals surface area contributed by atoms with Crippen LogP contribution >= 0.6 is 0 Å². The van der Waals surface area contributed by atoms with Crippen LogP contribution in [0.3, 0.4) is 0 Å². The van der Waals surface area contributed by atoms with Crippen molar-refractivity contribution >= 4 is 24.1 Å². The number of rotatable bonds is 13. The van der Waals surface area contributed by atoms with Crippen LogP contribution in [0, 0.1) is 0 Å². The minimum absolute atomic E-state index is 0.0603.